The summed E-state index contributed by atoms with van der Waals surface area (Å²) in [4.78, 5) is 0. The number of rotatable bonds is 6. The molecule has 1 aromatic rings. The molecule has 16 heavy (non-hydrogen) atoms. The van der Waals surface area contributed by atoms with Crippen LogP contribution >= 0.6 is 11.6 Å². The van der Waals surface area contributed by atoms with Gasteiger partial charge >= 0.3 is 0 Å². The Kier molecular flexibility index (Phi) is 5.98. The Morgan fingerprint density at radius 2 is 2.25 bits per heavy atom. The molecule has 0 radical (unpaired) electrons. The van der Waals surface area contributed by atoms with Crippen LogP contribution in [0.15, 0.2) is 24.3 Å². The van der Waals surface area contributed by atoms with Crippen molar-refractivity contribution in [2.75, 3.05) is 13.2 Å². The van der Waals surface area contributed by atoms with Crippen molar-refractivity contribution in [3.8, 4) is 5.75 Å². The smallest absolute Gasteiger partial charge is 0.137 e. The molecule has 88 valence electrons. The zero-order valence-electron chi connectivity index (χ0n) is 9.58. The van der Waals surface area contributed by atoms with Gasteiger partial charge in [0, 0.05) is 0 Å². The Morgan fingerprint density at radius 1 is 1.44 bits per heavy atom. The third kappa shape index (κ3) is 4.25. The zero-order valence-corrected chi connectivity index (χ0v) is 10.3. The molecular weight excluding hydrogens is 222 g/mol. The molecule has 3 heteroatoms. The van der Waals surface area contributed by atoms with E-state index < -0.39 is 0 Å². The van der Waals surface area contributed by atoms with E-state index >= 15 is 0 Å². The summed E-state index contributed by atoms with van der Waals surface area (Å²) >= 11 is 6.07. The van der Waals surface area contributed by atoms with Crippen LogP contribution < -0.4 is 10.5 Å². The van der Waals surface area contributed by atoms with E-state index in [1.165, 1.54) is 0 Å². The maximum Gasteiger partial charge on any atom is 0.137 e. The lowest BCUT2D eigenvalue weighted by Gasteiger charge is -2.05. The van der Waals surface area contributed by atoms with Gasteiger partial charge in [0.25, 0.3) is 0 Å². The molecule has 2 N–H and O–H groups in total. The van der Waals surface area contributed by atoms with Crippen LogP contribution in [0.4, 0.5) is 0 Å². The Balaban J connectivity index is 2.62. The van der Waals surface area contributed by atoms with E-state index in [1.807, 2.05) is 25.1 Å². The molecule has 0 heterocycles. The second kappa shape index (κ2) is 7.31. The van der Waals surface area contributed by atoms with Gasteiger partial charge in [-0.25, -0.2) is 0 Å². The van der Waals surface area contributed by atoms with E-state index in [0.29, 0.717) is 11.6 Å². The number of unbranched alkanes of at least 4 members (excludes halogenated alkanes) is 1. The highest BCUT2D eigenvalue weighted by atomic mass is 35.5. The zero-order chi connectivity index (χ0) is 11.8. The largest absolute Gasteiger partial charge is 0.492 e. The number of halogens is 1. The summed E-state index contributed by atoms with van der Waals surface area (Å²) in [6.07, 6.45) is 6.18. The Morgan fingerprint density at radius 3 is 2.88 bits per heavy atom. The first-order valence-corrected chi connectivity index (χ1v) is 5.94. The van der Waals surface area contributed by atoms with Crippen molar-refractivity contribution >= 4 is 17.7 Å². The van der Waals surface area contributed by atoms with Crippen LogP contribution in [-0.4, -0.2) is 13.2 Å². The molecule has 0 saturated carbocycles. The van der Waals surface area contributed by atoms with Crippen LogP contribution in [0.3, 0.4) is 0 Å². The number of benzene rings is 1. The average molecular weight is 240 g/mol. The summed E-state index contributed by atoms with van der Waals surface area (Å²) in [5, 5.41) is 0.655. The number of ether oxygens (including phenoxy) is 1. The SMILES string of the molecule is CCOc1ccc(/C=C/CCCN)cc1Cl. The lowest BCUT2D eigenvalue weighted by Crippen LogP contribution is -1.96. The highest BCUT2D eigenvalue weighted by Crippen LogP contribution is 2.25. The van der Waals surface area contributed by atoms with Gasteiger partial charge in [-0.15, -0.1) is 0 Å². The first-order chi connectivity index (χ1) is 7.77. The van der Waals surface area contributed by atoms with E-state index in [-0.39, 0.29) is 0 Å². The maximum absolute atomic E-state index is 6.07. The molecule has 0 aromatic heterocycles. The molecule has 2 nitrogen and oxygen atoms in total. The first-order valence-electron chi connectivity index (χ1n) is 5.57. The molecule has 0 spiro atoms. The third-order valence-electron chi connectivity index (χ3n) is 2.14. The first kappa shape index (κ1) is 13.1. The summed E-state index contributed by atoms with van der Waals surface area (Å²) in [6.45, 7) is 3.30. The molecule has 0 atom stereocenters. The fourth-order valence-corrected chi connectivity index (χ4v) is 1.59. The Hall–Kier alpha value is -0.990. The van der Waals surface area contributed by atoms with Crippen LogP contribution in [-0.2, 0) is 0 Å². The van der Waals surface area contributed by atoms with Crippen molar-refractivity contribution < 1.29 is 4.74 Å². The summed E-state index contributed by atoms with van der Waals surface area (Å²) in [7, 11) is 0. The van der Waals surface area contributed by atoms with Crippen molar-refractivity contribution in [3.63, 3.8) is 0 Å². The minimum absolute atomic E-state index is 0.630. The van der Waals surface area contributed by atoms with Crippen molar-refractivity contribution in [3.05, 3.63) is 34.9 Å². The van der Waals surface area contributed by atoms with Crippen LogP contribution in [0.2, 0.25) is 5.02 Å². The standard InChI is InChI=1S/C13H18ClNO/c1-2-16-13-8-7-11(10-12(13)14)6-4-3-5-9-15/h4,6-8,10H,2-3,5,9,15H2,1H3/b6-4+. The number of hydrogen-bond donors (Lipinski definition) is 1. The summed E-state index contributed by atoms with van der Waals surface area (Å²) in [5.74, 6) is 0.739. The van der Waals surface area contributed by atoms with E-state index in [0.717, 1.165) is 30.7 Å². The van der Waals surface area contributed by atoms with Gasteiger partial charge in [-0.1, -0.05) is 29.8 Å². The summed E-state index contributed by atoms with van der Waals surface area (Å²) in [5.41, 5.74) is 6.50. The average Bonchev–Trinajstić information content (AvgIpc) is 2.28. The van der Waals surface area contributed by atoms with Gasteiger partial charge in [-0.05, 0) is 44.0 Å². The Bertz CT molecular complexity index is 350. The monoisotopic (exact) mass is 239 g/mol. The fraction of sp³-hybridized carbons (Fsp3) is 0.385. The van der Waals surface area contributed by atoms with Gasteiger partial charge in [0.15, 0.2) is 0 Å². The number of allylic oxidation sites excluding steroid dienone is 1. The highest BCUT2D eigenvalue weighted by Gasteiger charge is 2.00. The van der Waals surface area contributed by atoms with Gasteiger partial charge in [-0.3, -0.25) is 0 Å². The normalized spacial score (nSPS) is 10.9. The second-order valence-corrected chi connectivity index (χ2v) is 3.86. The van der Waals surface area contributed by atoms with Gasteiger partial charge in [-0.2, -0.15) is 0 Å². The summed E-state index contributed by atoms with van der Waals surface area (Å²) in [6, 6.07) is 5.80. The lowest BCUT2D eigenvalue weighted by atomic mass is 10.2. The van der Waals surface area contributed by atoms with Crippen LogP contribution in [0.1, 0.15) is 25.3 Å². The molecular formula is C13H18ClNO. The summed E-state index contributed by atoms with van der Waals surface area (Å²) < 4.78 is 5.36. The number of nitrogens with two attached hydrogens (primary N) is 1. The molecule has 0 amide bonds. The maximum atomic E-state index is 6.07. The predicted molar refractivity (Wildman–Crippen MR) is 69.9 cm³/mol. The lowest BCUT2D eigenvalue weighted by molar-refractivity contribution is 0.340. The molecule has 1 aromatic carbocycles. The second-order valence-electron chi connectivity index (χ2n) is 3.46. The molecule has 0 fully saturated rings. The van der Waals surface area contributed by atoms with Crippen molar-refractivity contribution in [1.29, 1.82) is 0 Å². The highest BCUT2D eigenvalue weighted by molar-refractivity contribution is 6.32. The quantitative estimate of drug-likeness (QED) is 0.772. The van der Waals surface area contributed by atoms with Crippen LogP contribution in [0, 0.1) is 0 Å². The molecule has 0 aliphatic heterocycles. The fourth-order valence-electron chi connectivity index (χ4n) is 1.35. The molecule has 0 unspecified atom stereocenters. The molecule has 0 saturated heterocycles. The van der Waals surface area contributed by atoms with Gasteiger partial charge in [0.05, 0.1) is 11.6 Å². The third-order valence-corrected chi connectivity index (χ3v) is 2.44. The molecule has 1 rings (SSSR count). The van der Waals surface area contributed by atoms with E-state index in [4.69, 9.17) is 22.1 Å². The van der Waals surface area contributed by atoms with E-state index in [1.54, 1.807) is 0 Å². The minimum Gasteiger partial charge on any atom is -0.492 e. The van der Waals surface area contributed by atoms with E-state index in [2.05, 4.69) is 12.2 Å². The van der Waals surface area contributed by atoms with Crippen molar-refractivity contribution in [2.24, 2.45) is 5.73 Å². The molecule has 0 bridgehead atoms. The van der Waals surface area contributed by atoms with Crippen LogP contribution in [0.5, 0.6) is 5.75 Å². The van der Waals surface area contributed by atoms with E-state index in [9.17, 15) is 0 Å². The van der Waals surface area contributed by atoms with Crippen molar-refractivity contribution in [2.45, 2.75) is 19.8 Å². The predicted octanol–water partition coefficient (Wildman–Crippen LogP) is 3.49. The topological polar surface area (TPSA) is 35.2 Å². The van der Waals surface area contributed by atoms with Gasteiger partial charge in [0.2, 0.25) is 0 Å². The minimum atomic E-state index is 0.630. The Labute approximate surface area is 102 Å². The molecule has 0 aliphatic carbocycles. The molecule has 0 aliphatic rings. The van der Waals surface area contributed by atoms with Crippen LogP contribution in [0.25, 0.3) is 6.08 Å². The van der Waals surface area contributed by atoms with Gasteiger partial charge in [0.1, 0.15) is 5.75 Å². The number of hydrogen-bond acceptors (Lipinski definition) is 2. The van der Waals surface area contributed by atoms with Gasteiger partial charge < -0.3 is 10.5 Å². The van der Waals surface area contributed by atoms with Crippen molar-refractivity contribution in [1.82, 2.24) is 0 Å².